The molecule has 1 atom stereocenters. The average molecular weight is 878 g/mol. The molecule has 3 nitrogen and oxygen atoms in total. The van der Waals surface area contributed by atoms with Crippen molar-refractivity contribution in [1.29, 1.82) is 0 Å². The molecule has 68 heavy (non-hydrogen) atoms. The van der Waals surface area contributed by atoms with Gasteiger partial charge in [0.05, 0.1) is 5.69 Å². The lowest BCUT2D eigenvalue weighted by Gasteiger charge is -2.31. The first-order valence-electron chi connectivity index (χ1n) is 24.2. The Morgan fingerprint density at radius 1 is 0.441 bits per heavy atom. The minimum Gasteiger partial charge on any atom is -0.455 e. The maximum Gasteiger partial charge on any atom is 0.145 e. The molecule has 3 aromatic heterocycles. The van der Waals surface area contributed by atoms with Gasteiger partial charge in [-0.15, -0.1) is 0 Å². The zero-order valence-corrected chi connectivity index (χ0v) is 39.9. The fourth-order valence-electron chi connectivity index (χ4n) is 13.4. The lowest BCUT2D eigenvalue weighted by Crippen LogP contribution is -2.24. The van der Waals surface area contributed by atoms with Gasteiger partial charge in [0.2, 0.25) is 0 Å². The first kappa shape index (κ1) is 39.7. The topological polar surface area (TPSA) is 39.2 Å². The lowest BCUT2D eigenvalue weighted by molar-refractivity contribution is 0.599. The Labute approximate surface area is 397 Å². The summed E-state index contributed by atoms with van der Waals surface area (Å²) in [6, 6.07) is 56.4. The Kier molecular flexibility index (Phi) is 7.79. The van der Waals surface area contributed by atoms with Crippen LogP contribution in [-0.2, 0) is 16.2 Å². The number of pyridine rings is 1. The molecule has 0 radical (unpaired) electrons. The number of aryl methyl sites for hydroxylation is 2. The van der Waals surface area contributed by atoms with Crippen molar-refractivity contribution >= 4 is 43.9 Å². The molecule has 3 aliphatic carbocycles. The van der Waals surface area contributed by atoms with Crippen LogP contribution in [0.4, 0.5) is 0 Å². The minimum absolute atomic E-state index is 0.0123. The number of nitrogens with zero attached hydrogens (tertiary/aromatic N) is 1. The predicted molar refractivity (Wildman–Crippen MR) is 280 cm³/mol. The van der Waals surface area contributed by atoms with Gasteiger partial charge >= 0.3 is 0 Å². The molecule has 0 N–H and O–H groups in total. The molecule has 3 heteroatoms. The monoisotopic (exact) mass is 877 g/mol. The van der Waals surface area contributed by atoms with Gasteiger partial charge in [-0.3, -0.25) is 4.98 Å². The van der Waals surface area contributed by atoms with Crippen molar-refractivity contribution in [2.75, 3.05) is 0 Å². The van der Waals surface area contributed by atoms with Crippen molar-refractivity contribution in [3.63, 3.8) is 0 Å². The number of para-hydroxylation sites is 2. The van der Waals surface area contributed by atoms with E-state index >= 15 is 0 Å². The summed E-state index contributed by atoms with van der Waals surface area (Å²) in [5, 5.41) is 4.73. The summed E-state index contributed by atoms with van der Waals surface area (Å²) in [6.45, 7) is 19.1. The summed E-state index contributed by atoms with van der Waals surface area (Å²) in [6.07, 6.45) is 1.88. The third-order valence-corrected chi connectivity index (χ3v) is 16.6. The summed E-state index contributed by atoms with van der Waals surface area (Å²) in [5.74, 6) is -0.0123. The van der Waals surface area contributed by atoms with Crippen molar-refractivity contribution in [2.24, 2.45) is 0 Å². The number of furan rings is 2. The predicted octanol–water partition coefficient (Wildman–Crippen LogP) is 17.3. The molecule has 0 bridgehead atoms. The maximum atomic E-state index is 7.05. The zero-order chi connectivity index (χ0) is 46.2. The zero-order valence-electron chi connectivity index (χ0n) is 39.9. The van der Waals surface area contributed by atoms with E-state index in [4.69, 9.17) is 13.8 Å². The molecule has 0 saturated carbocycles. The van der Waals surface area contributed by atoms with Crippen LogP contribution in [0.3, 0.4) is 0 Å². The van der Waals surface area contributed by atoms with E-state index in [9.17, 15) is 0 Å². The molecule has 11 aromatic rings. The van der Waals surface area contributed by atoms with Gasteiger partial charge < -0.3 is 8.83 Å². The molecule has 3 aliphatic rings. The van der Waals surface area contributed by atoms with Gasteiger partial charge in [-0.05, 0) is 128 Å². The smallest absolute Gasteiger partial charge is 0.145 e. The number of benzene rings is 8. The highest BCUT2D eigenvalue weighted by Crippen LogP contribution is 2.64. The van der Waals surface area contributed by atoms with Crippen molar-refractivity contribution in [3.05, 3.63) is 219 Å². The van der Waals surface area contributed by atoms with Gasteiger partial charge in [0, 0.05) is 61.0 Å². The average Bonchev–Trinajstić information content (AvgIpc) is 4.09. The molecule has 8 aromatic carbocycles. The molecule has 0 saturated heterocycles. The number of hydrogen-bond donors (Lipinski definition) is 0. The van der Waals surface area contributed by atoms with Crippen LogP contribution in [0.2, 0.25) is 0 Å². The quantitative estimate of drug-likeness (QED) is 0.165. The molecular weight excluding hydrogens is 827 g/mol. The van der Waals surface area contributed by atoms with Crippen LogP contribution in [0.1, 0.15) is 109 Å². The van der Waals surface area contributed by atoms with Crippen LogP contribution in [0.15, 0.2) is 167 Å². The van der Waals surface area contributed by atoms with E-state index in [0.29, 0.717) is 0 Å². The summed E-state index contributed by atoms with van der Waals surface area (Å²) in [5.41, 5.74) is 27.3. The van der Waals surface area contributed by atoms with E-state index in [1.54, 1.807) is 0 Å². The molecule has 1 unspecified atom stereocenters. The van der Waals surface area contributed by atoms with Crippen LogP contribution >= 0.6 is 0 Å². The second-order valence-corrected chi connectivity index (χ2v) is 21.5. The first-order chi connectivity index (χ1) is 32.8. The Morgan fingerprint density at radius 2 is 1.01 bits per heavy atom. The van der Waals surface area contributed by atoms with Crippen molar-refractivity contribution in [3.8, 4) is 44.6 Å². The molecular formula is C65H51NO2. The first-order valence-corrected chi connectivity index (χ1v) is 24.2. The SMILES string of the molecule is Cc1ccc(C(c2ccc3c(c2)C(C)(C)c2cc(-c4ccccn4)c4oc5ccccc5c4c2-3)c2ccc3c(c2)C(C)(C)c2c4c(c5c(oc6ccccc65)c2-3)-c2ccccc2C4(C)C)c(C)c1. The second-order valence-electron chi connectivity index (χ2n) is 21.5. The number of fused-ring (bicyclic) bond motifs is 19. The van der Waals surface area contributed by atoms with E-state index in [1.165, 1.54) is 111 Å². The number of aromatic nitrogens is 1. The van der Waals surface area contributed by atoms with Gasteiger partial charge in [0.15, 0.2) is 0 Å². The summed E-state index contributed by atoms with van der Waals surface area (Å²) >= 11 is 0. The van der Waals surface area contributed by atoms with E-state index < -0.39 is 0 Å². The van der Waals surface area contributed by atoms with Crippen LogP contribution in [0.25, 0.3) is 88.5 Å². The molecule has 0 aliphatic heterocycles. The fraction of sp³-hybridized carbons (Fsp3) is 0.185. The number of rotatable bonds is 4. The maximum absolute atomic E-state index is 7.05. The van der Waals surface area contributed by atoms with Crippen molar-refractivity contribution in [1.82, 2.24) is 4.98 Å². The highest BCUT2D eigenvalue weighted by Gasteiger charge is 2.49. The molecule has 0 amide bonds. The largest absolute Gasteiger partial charge is 0.455 e. The van der Waals surface area contributed by atoms with Gasteiger partial charge in [-0.25, -0.2) is 0 Å². The van der Waals surface area contributed by atoms with E-state index in [2.05, 4.69) is 201 Å². The Balaban J connectivity index is 0.994. The molecule has 328 valence electrons. The lowest BCUT2D eigenvalue weighted by atomic mass is 9.71. The normalized spacial score (nSPS) is 15.9. The highest BCUT2D eigenvalue weighted by molar-refractivity contribution is 6.21. The van der Waals surface area contributed by atoms with E-state index in [0.717, 1.165) is 39.0 Å². The third kappa shape index (κ3) is 5.01. The van der Waals surface area contributed by atoms with Crippen LogP contribution in [-0.4, -0.2) is 4.98 Å². The standard InChI is InChI=1S/C65H51NO2/c1-35-24-27-39(36(2)31-35)53(37-25-28-41-47(32-37)63(3,4)49-34-45(50-21-15-16-30-66-50)61-56(54(41)49)43-18-10-13-22-51(43)67-61)38-26-29-42-48(33-38)65(7,8)60-58(42)62-57(44-19-11-14-23-52(44)68-62)55-40-17-9-12-20-46(40)64(5,6)59(55)60/h9-34,53H,1-8H3. The van der Waals surface area contributed by atoms with Gasteiger partial charge in [-0.2, -0.15) is 0 Å². The van der Waals surface area contributed by atoms with E-state index in [-0.39, 0.29) is 22.2 Å². The summed E-state index contributed by atoms with van der Waals surface area (Å²) in [4.78, 5) is 4.85. The van der Waals surface area contributed by atoms with Crippen LogP contribution in [0.5, 0.6) is 0 Å². The number of hydrogen-bond acceptors (Lipinski definition) is 3. The Bertz CT molecular complexity index is 4020. The van der Waals surface area contributed by atoms with Crippen LogP contribution < -0.4 is 0 Å². The Morgan fingerprint density at radius 3 is 1.71 bits per heavy atom. The third-order valence-electron chi connectivity index (χ3n) is 16.6. The highest BCUT2D eigenvalue weighted by atomic mass is 16.3. The fourth-order valence-corrected chi connectivity index (χ4v) is 13.4. The minimum atomic E-state index is -0.310. The van der Waals surface area contributed by atoms with Crippen molar-refractivity contribution < 1.29 is 8.83 Å². The second kappa shape index (κ2) is 13.4. The molecule has 0 fully saturated rings. The van der Waals surface area contributed by atoms with Gasteiger partial charge in [0.25, 0.3) is 0 Å². The van der Waals surface area contributed by atoms with E-state index in [1.807, 2.05) is 12.3 Å². The van der Waals surface area contributed by atoms with Crippen LogP contribution in [0, 0.1) is 13.8 Å². The molecule has 14 rings (SSSR count). The Hall–Kier alpha value is -7.49. The van der Waals surface area contributed by atoms with Crippen molar-refractivity contribution in [2.45, 2.75) is 77.6 Å². The van der Waals surface area contributed by atoms with Gasteiger partial charge in [-0.1, -0.05) is 168 Å². The summed E-state index contributed by atoms with van der Waals surface area (Å²) < 4.78 is 13.8. The molecule has 3 heterocycles. The summed E-state index contributed by atoms with van der Waals surface area (Å²) in [7, 11) is 0. The van der Waals surface area contributed by atoms with Gasteiger partial charge in [0.1, 0.15) is 22.3 Å². The molecule has 0 spiro atoms.